The summed E-state index contributed by atoms with van der Waals surface area (Å²) in [6.07, 6.45) is 15.7. The summed E-state index contributed by atoms with van der Waals surface area (Å²) in [5, 5.41) is 18.0. The summed E-state index contributed by atoms with van der Waals surface area (Å²) in [4.78, 5) is 61.9. The second kappa shape index (κ2) is 44.4. The minimum atomic E-state index is -3.28. The maximum absolute atomic E-state index is 12.0. The third-order valence-corrected chi connectivity index (χ3v) is 15.7. The zero-order valence-electron chi connectivity index (χ0n) is 54.4. The molecule has 10 aromatic rings. The van der Waals surface area contributed by atoms with Crippen molar-refractivity contribution in [3.8, 4) is 22.3 Å². The first-order valence-electron chi connectivity index (χ1n) is 31.1. The van der Waals surface area contributed by atoms with E-state index in [4.69, 9.17) is 34.4 Å². The molecule has 94 heavy (non-hydrogen) atoms. The second-order valence-corrected chi connectivity index (χ2v) is 22.1. The van der Waals surface area contributed by atoms with Crippen molar-refractivity contribution < 1.29 is 97.5 Å². The van der Waals surface area contributed by atoms with Crippen LogP contribution in [0.5, 0.6) is 0 Å². The summed E-state index contributed by atoms with van der Waals surface area (Å²) in [5.74, 6) is -2.07. The minimum absolute atomic E-state index is 0. The van der Waals surface area contributed by atoms with E-state index in [9.17, 15) is 28.5 Å². The van der Waals surface area contributed by atoms with Crippen molar-refractivity contribution in [3.05, 3.63) is 223 Å². The Kier molecular flexibility index (Phi) is 37.0. The Morgan fingerprint density at radius 2 is 0.883 bits per heavy atom. The predicted octanol–water partition coefficient (Wildman–Crippen LogP) is 17.0. The third-order valence-electron chi connectivity index (χ3n) is 13.8. The van der Waals surface area contributed by atoms with Gasteiger partial charge in [0.15, 0.2) is 6.29 Å². The van der Waals surface area contributed by atoms with Crippen LogP contribution in [0.2, 0.25) is 0 Å². The molecule has 0 saturated carbocycles. The van der Waals surface area contributed by atoms with Gasteiger partial charge in [0.25, 0.3) is 0 Å². The smallest absolute Gasteiger partial charge is 0.341 e. The van der Waals surface area contributed by atoms with Crippen LogP contribution in [-0.4, -0.2) is 121 Å². The maximum Gasteiger partial charge on any atom is 0.341 e. The Morgan fingerprint density at radius 3 is 1.30 bits per heavy atom. The van der Waals surface area contributed by atoms with Crippen molar-refractivity contribution in [2.75, 3.05) is 65.6 Å². The standard InChI is InChI=1S/C17H15NO2.C15H11NO2.C15H14O2.C11H8O.C8H17O5P.2C4H8O.CH4.BH.U/c1-2-20-17(19)16-11-18-10-15(16)14-9-5-7-12-6-3-4-8-13(12)14;17-15(18)14-9-16-8-13(14)12-7-3-5-10-4-1-2-6-11(10)12;1-2-17-15(16)11-10-13-8-5-7-12-6-3-4-9-14(12)13;12-8-10-6-3-5-9-4-1-2-7-11(9)10;1-4-11-8(9)7-14(10,12-5-2)13-6-3;2*1-2-4-5-3-1;;;/h3-11,18H,2H2,1H3;1-9,16H,(H,17,18);3-11H,2H2,1H3;1-8H;4-7H2,1-3H3;2*1-4H2;1H4;1H;/b;;11-10+;;;;;;;/i;;;;;;;;1D;. The van der Waals surface area contributed by atoms with Crippen molar-refractivity contribution in [1.29, 1.82) is 1.34 Å². The fourth-order valence-corrected chi connectivity index (χ4v) is 11.1. The van der Waals surface area contributed by atoms with Crippen LogP contribution >= 0.6 is 7.60 Å². The van der Waals surface area contributed by atoms with Gasteiger partial charge in [-0.25, -0.2) is 14.4 Å². The number of aldehydes is 1. The second-order valence-electron chi connectivity index (χ2n) is 20.0. The average Bonchev–Trinajstić information content (AvgIpc) is 1.77. The molecular formula is C75H86BN2O14PU. The molecule has 2 aliphatic rings. The first-order chi connectivity index (χ1) is 45.4. The van der Waals surface area contributed by atoms with Crippen LogP contribution in [0, 0.1) is 31.1 Å². The molecule has 8 aromatic carbocycles. The average molecular weight is 1520 g/mol. The van der Waals surface area contributed by atoms with E-state index in [0.29, 0.717) is 24.3 Å². The van der Waals surface area contributed by atoms with Crippen molar-refractivity contribution in [3.63, 3.8) is 0 Å². The molecule has 3 N–H and O–H groups in total. The van der Waals surface area contributed by atoms with Crippen molar-refractivity contribution in [1.82, 2.24) is 9.97 Å². The minimum Gasteiger partial charge on any atom is -0.478 e. The van der Waals surface area contributed by atoms with Gasteiger partial charge in [0.2, 0.25) is 0 Å². The number of carboxylic acid groups (broad SMARTS) is 1. The Balaban J connectivity index is 0.000000297. The molecule has 2 radical (unpaired) electrons. The molecule has 0 unspecified atom stereocenters. The number of nitrogens with one attached hydrogen (secondary N) is 2. The summed E-state index contributed by atoms with van der Waals surface area (Å²) in [6, 6.07) is 55.8. The summed E-state index contributed by atoms with van der Waals surface area (Å²) >= 11 is 0. The molecule has 0 spiro atoms. The van der Waals surface area contributed by atoms with Gasteiger partial charge in [0.05, 0.1) is 44.2 Å². The first kappa shape index (κ1) is 78.3. The van der Waals surface area contributed by atoms with Crippen LogP contribution in [0.4, 0.5) is 0 Å². The number of fused-ring (bicyclic) bond motifs is 4. The molecule has 0 aliphatic carbocycles. The van der Waals surface area contributed by atoms with Gasteiger partial charge in [-0.3, -0.25) is 14.2 Å². The molecule has 2 saturated heterocycles. The van der Waals surface area contributed by atoms with Crippen molar-refractivity contribution in [2.24, 2.45) is 0 Å². The number of hydrogen-bond acceptors (Lipinski definition) is 13. The fraction of sp³-hybridized carbons (Fsp3) is 0.267. The van der Waals surface area contributed by atoms with Crippen LogP contribution in [0.3, 0.4) is 0 Å². The van der Waals surface area contributed by atoms with E-state index in [0.717, 1.165) is 104 Å². The number of hydrogen-bond donors (Lipinski definition) is 3. The zero-order chi connectivity index (χ0) is 67.1. The molecule has 2 aliphatic heterocycles. The van der Waals surface area contributed by atoms with Crippen LogP contribution in [0.1, 0.15) is 104 Å². The van der Waals surface area contributed by atoms with Crippen LogP contribution < -0.4 is 0 Å². The number of esters is 3. The van der Waals surface area contributed by atoms with Gasteiger partial charge < -0.3 is 47.8 Å². The topological polar surface area (TPSA) is 219 Å². The van der Waals surface area contributed by atoms with Gasteiger partial charge >= 0.3 is 31.5 Å². The summed E-state index contributed by atoms with van der Waals surface area (Å²) in [7, 11) is 0.470. The van der Waals surface area contributed by atoms with E-state index in [1.54, 1.807) is 46.2 Å². The number of aromatic amines is 2. The molecular weight excluding hydrogens is 1430 g/mol. The summed E-state index contributed by atoms with van der Waals surface area (Å²) in [5.41, 5.74) is 6.22. The quantitative estimate of drug-likeness (QED) is 0.0205. The van der Waals surface area contributed by atoms with Crippen LogP contribution in [0.25, 0.3) is 71.4 Å². The van der Waals surface area contributed by atoms with E-state index in [1.807, 2.05) is 153 Å². The van der Waals surface area contributed by atoms with Gasteiger partial charge in [-0.15, -0.1) is 0 Å². The van der Waals surface area contributed by atoms with Crippen molar-refractivity contribution >= 4 is 95.3 Å². The summed E-state index contributed by atoms with van der Waals surface area (Å²) < 4.78 is 51.3. The Bertz CT molecular complexity index is 3940. The predicted molar refractivity (Wildman–Crippen MR) is 376 cm³/mol. The van der Waals surface area contributed by atoms with Crippen molar-refractivity contribution in [2.45, 2.75) is 67.7 Å². The number of aromatic carboxylic acids is 1. The number of carbonyl (C=O) groups is 5. The molecule has 492 valence electrons. The summed E-state index contributed by atoms with van der Waals surface area (Å²) in [6.45, 7) is 14.2. The third kappa shape index (κ3) is 25.3. The Morgan fingerprint density at radius 1 is 0.500 bits per heavy atom. The number of aromatic nitrogens is 2. The molecule has 4 heterocycles. The number of H-pyrrole nitrogens is 2. The first-order valence-corrected chi connectivity index (χ1v) is 32.3. The number of carboxylic acids is 1. The number of rotatable bonds is 16. The monoisotopic (exact) mass is 1520 g/mol. The number of carbonyl (C=O) groups excluding carboxylic acids is 4. The van der Waals surface area contributed by atoms with E-state index in [1.165, 1.54) is 43.3 Å². The van der Waals surface area contributed by atoms with Gasteiger partial charge in [0.1, 0.15) is 6.16 Å². The van der Waals surface area contributed by atoms with Gasteiger partial charge in [-0.05, 0) is 127 Å². The molecule has 16 nitrogen and oxygen atoms in total. The number of ether oxygens (including phenoxy) is 5. The van der Waals surface area contributed by atoms with Gasteiger partial charge in [0, 0.05) is 113 Å². The molecule has 19 heteroatoms. The van der Waals surface area contributed by atoms with E-state index in [2.05, 4.69) is 53.4 Å². The Hall–Kier alpha value is -8.16. The largest absolute Gasteiger partial charge is 0.478 e. The SMILES string of the molecule is C.C1CCOC1.C1CCOC1.CCOC(=O)/C=C/c1cccc2ccccc12.CCOC(=O)CP(=O)(OCC)OCC.CCOC(=O)c1c[nH]cc1-c1cccc2ccccc12.O=C(O)c1c[nH]cc1-c1cccc2ccccc12.O=Cc1cccc2ccccc12.[2H][B].[U]. The number of benzene rings is 8. The van der Waals surface area contributed by atoms with Gasteiger partial charge in [-0.1, -0.05) is 177 Å². The normalized spacial score (nSPS) is 11.9. The van der Waals surface area contributed by atoms with Crippen LogP contribution in [-0.2, 0) is 46.9 Å². The molecule has 2 fully saturated rings. The van der Waals surface area contributed by atoms with Gasteiger partial charge in [-0.2, -0.15) is 0 Å². The molecule has 0 bridgehead atoms. The fourth-order valence-electron chi connectivity index (χ4n) is 9.65. The maximum atomic E-state index is 12.0. The Labute approximate surface area is 578 Å². The van der Waals surface area contributed by atoms with E-state index in [-0.39, 0.29) is 76.5 Å². The van der Waals surface area contributed by atoms with E-state index < -0.39 is 19.5 Å². The zero-order valence-corrected chi connectivity index (χ0v) is 58.4. The molecule has 12 rings (SSSR count). The molecule has 0 amide bonds. The van der Waals surface area contributed by atoms with Crippen LogP contribution in [0.15, 0.2) is 201 Å². The van der Waals surface area contributed by atoms with E-state index >= 15 is 0 Å². The molecule has 2 aromatic heterocycles. The molecule has 0 atom stereocenters.